The summed E-state index contributed by atoms with van der Waals surface area (Å²) in [6.07, 6.45) is 0.852. The van der Waals surface area contributed by atoms with Gasteiger partial charge in [0, 0.05) is 38.4 Å². The lowest BCUT2D eigenvalue weighted by atomic mass is 10.1. The monoisotopic (exact) mass is 477 g/mol. The fourth-order valence-electron chi connectivity index (χ4n) is 4.74. The Labute approximate surface area is 204 Å². The molecule has 2 aliphatic heterocycles. The summed E-state index contributed by atoms with van der Waals surface area (Å²) in [6, 6.07) is 16.1. The van der Waals surface area contributed by atoms with Crippen LogP contribution in [0.15, 0.2) is 48.5 Å². The second-order valence-electron chi connectivity index (χ2n) is 8.89. The highest BCUT2D eigenvalue weighted by Crippen LogP contribution is 2.41. The van der Waals surface area contributed by atoms with Crippen molar-refractivity contribution in [2.24, 2.45) is 0 Å². The molecule has 34 heavy (non-hydrogen) atoms. The third-order valence-electron chi connectivity index (χ3n) is 6.44. The summed E-state index contributed by atoms with van der Waals surface area (Å²) in [7, 11) is 0. The van der Waals surface area contributed by atoms with Crippen molar-refractivity contribution in [3.8, 4) is 11.6 Å². The molecule has 1 amide bonds. The van der Waals surface area contributed by atoms with Crippen LogP contribution in [0.25, 0.3) is 0 Å². The first-order valence-electron chi connectivity index (χ1n) is 11.7. The molecule has 1 fully saturated rings. The predicted octanol–water partition coefficient (Wildman–Crippen LogP) is 4.71. The molecule has 1 aromatic heterocycles. The van der Waals surface area contributed by atoms with Crippen molar-refractivity contribution in [2.45, 2.75) is 20.3 Å². The van der Waals surface area contributed by atoms with Crippen LogP contribution in [0.3, 0.4) is 0 Å². The number of benzene rings is 2. The van der Waals surface area contributed by atoms with Crippen LogP contribution in [0.2, 0.25) is 5.15 Å². The number of ether oxygens (including phenoxy) is 1. The summed E-state index contributed by atoms with van der Waals surface area (Å²) in [5.74, 6) is 0.678. The molecule has 3 aromatic rings. The van der Waals surface area contributed by atoms with E-state index in [1.54, 1.807) is 4.90 Å². The van der Waals surface area contributed by atoms with Crippen molar-refractivity contribution < 1.29 is 9.53 Å². The van der Waals surface area contributed by atoms with Gasteiger partial charge in [-0.2, -0.15) is 0 Å². The molecule has 0 N–H and O–H groups in total. The van der Waals surface area contributed by atoms with Gasteiger partial charge in [0.2, 0.25) is 0 Å². The first kappa shape index (κ1) is 22.6. The molecule has 0 bridgehead atoms. The topological polar surface area (TPSA) is 61.8 Å². The number of carbonyl (C=O) groups excluding carboxylic acids is 1. The lowest BCUT2D eigenvalue weighted by molar-refractivity contribution is 0.0985. The van der Waals surface area contributed by atoms with Crippen LogP contribution in [-0.4, -0.2) is 60.3 Å². The number of nitrogens with zero attached hydrogens (tertiary/aromatic N) is 5. The average Bonchev–Trinajstić information content (AvgIpc) is 2.95. The highest BCUT2D eigenvalue weighted by molar-refractivity contribution is 6.29. The fraction of sp³-hybridized carbons (Fsp3) is 0.346. The number of aromatic nitrogens is 2. The van der Waals surface area contributed by atoms with Gasteiger partial charge in [-0.1, -0.05) is 35.9 Å². The van der Waals surface area contributed by atoms with Crippen LogP contribution in [-0.2, 0) is 0 Å². The Morgan fingerprint density at radius 3 is 2.50 bits per heavy atom. The number of fused-ring (bicyclic) bond motifs is 2. The fourth-order valence-corrected chi connectivity index (χ4v) is 4.89. The number of carbonyl (C=O) groups is 1. The largest absolute Gasteiger partial charge is 0.434 e. The third-order valence-corrected chi connectivity index (χ3v) is 6.63. The molecule has 0 saturated carbocycles. The molecule has 8 heteroatoms. The molecule has 0 spiro atoms. The first-order chi connectivity index (χ1) is 16.5. The smallest absolute Gasteiger partial charge is 0.264 e. The van der Waals surface area contributed by atoms with Gasteiger partial charge in [0.15, 0.2) is 10.9 Å². The van der Waals surface area contributed by atoms with Crippen LogP contribution < -0.4 is 14.5 Å². The maximum absolute atomic E-state index is 13.6. The highest BCUT2D eigenvalue weighted by atomic mass is 35.5. The van der Waals surface area contributed by atoms with Crippen molar-refractivity contribution >= 4 is 28.9 Å². The van der Waals surface area contributed by atoms with Gasteiger partial charge in [-0.05, 0) is 62.2 Å². The quantitative estimate of drug-likeness (QED) is 0.530. The zero-order valence-corrected chi connectivity index (χ0v) is 20.3. The van der Waals surface area contributed by atoms with E-state index in [1.165, 1.54) is 11.8 Å². The van der Waals surface area contributed by atoms with E-state index >= 15 is 0 Å². The molecule has 0 unspecified atom stereocenters. The zero-order chi connectivity index (χ0) is 23.7. The van der Waals surface area contributed by atoms with Crippen molar-refractivity contribution in [1.82, 2.24) is 15.1 Å². The van der Waals surface area contributed by atoms with Gasteiger partial charge in [0.1, 0.15) is 5.56 Å². The van der Waals surface area contributed by atoms with E-state index in [4.69, 9.17) is 16.3 Å². The SMILES string of the molecule is Cc1cc(C)c2c(c1)N(CCCN1CCN(c3ccccc3)CC1)C(=O)c1cc(Cl)nnc1O2. The minimum atomic E-state index is -0.163. The molecular weight excluding hydrogens is 450 g/mol. The van der Waals surface area contributed by atoms with Gasteiger partial charge in [0.05, 0.1) is 5.69 Å². The van der Waals surface area contributed by atoms with E-state index in [9.17, 15) is 4.79 Å². The van der Waals surface area contributed by atoms with Crippen LogP contribution in [0, 0.1) is 13.8 Å². The van der Waals surface area contributed by atoms with E-state index in [0.29, 0.717) is 17.9 Å². The van der Waals surface area contributed by atoms with E-state index in [0.717, 1.165) is 56.0 Å². The van der Waals surface area contributed by atoms with Gasteiger partial charge < -0.3 is 14.5 Å². The van der Waals surface area contributed by atoms with Gasteiger partial charge in [-0.15, -0.1) is 10.2 Å². The predicted molar refractivity (Wildman–Crippen MR) is 134 cm³/mol. The Morgan fingerprint density at radius 1 is 0.971 bits per heavy atom. The Bertz CT molecular complexity index is 1200. The number of hydrogen-bond donors (Lipinski definition) is 0. The van der Waals surface area contributed by atoms with Gasteiger partial charge >= 0.3 is 0 Å². The number of aryl methyl sites for hydroxylation is 2. The maximum Gasteiger partial charge on any atom is 0.264 e. The molecular formula is C26H28ClN5O2. The van der Waals surface area contributed by atoms with Gasteiger partial charge in [-0.25, -0.2) is 0 Å². The van der Waals surface area contributed by atoms with Crippen LogP contribution >= 0.6 is 11.6 Å². The number of amides is 1. The van der Waals surface area contributed by atoms with Crippen LogP contribution in [0.5, 0.6) is 11.6 Å². The summed E-state index contributed by atoms with van der Waals surface area (Å²) in [4.78, 5) is 20.3. The average molecular weight is 478 g/mol. The van der Waals surface area contributed by atoms with Crippen LogP contribution in [0.1, 0.15) is 27.9 Å². The van der Waals surface area contributed by atoms with E-state index in [1.807, 2.05) is 26.0 Å². The molecule has 176 valence electrons. The zero-order valence-electron chi connectivity index (χ0n) is 19.5. The maximum atomic E-state index is 13.6. The molecule has 0 aliphatic carbocycles. The second-order valence-corrected chi connectivity index (χ2v) is 9.28. The number of halogens is 1. The van der Waals surface area contributed by atoms with Crippen molar-refractivity contribution in [3.05, 3.63) is 70.4 Å². The number of anilines is 2. The third kappa shape index (κ3) is 4.58. The molecule has 5 rings (SSSR count). The van der Waals surface area contributed by atoms with Crippen molar-refractivity contribution in [3.63, 3.8) is 0 Å². The Hall–Kier alpha value is -3.16. The highest BCUT2D eigenvalue weighted by Gasteiger charge is 2.31. The second kappa shape index (κ2) is 9.60. The summed E-state index contributed by atoms with van der Waals surface area (Å²) in [5, 5.41) is 8.09. The minimum absolute atomic E-state index is 0.163. The molecule has 2 aliphatic rings. The summed E-state index contributed by atoms with van der Waals surface area (Å²) < 4.78 is 6.08. The van der Waals surface area contributed by atoms with E-state index in [2.05, 4.69) is 50.3 Å². The van der Waals surface area contributed by atoms with Crippen LogP contribution in [0.4, 0.5) is 11.4 Å². The molecule has 0 atom stereocenters. The summed E-state index contributed by atoms with van der Waals surface area (Å²) in [6.45, 7) is 9.54. The Morgan fingerprint density at radius 2 is 1.74 bits per heavy atom. The number of rotatable bonds is 5. The normalized spacial score (nSPS) is 16.0. The van der Waals surface area contributed by atoms with Crippen molar-refractivity contribution in [2.75, 3.05) is 49.1 Å². The summed E-state index contributed by atoms with van der Waals surface area (Å²) >= 11 is 6.06. The number of hydrogen-bond acceptors (Lipinski definition) is 6. The Kier molecular flexibility index (Phi) is 6.39. The Balaban J connectivity index is 1.30. The summed E-state index contributed by atoms with van der Waals surface area (Å²) in [5.41, 5.74) is 4.41. The van der Waals surface area contributed by atoms with Crippen molar-refractivity contribution in [1.29, 1.82) is 0 Å². The van der Waals surface area contributed by atoms with E-state index in [-0.39, 0.29) is 16.9 Å². The van der Waals surface area contributed by atoms with Gasteiger partial charge in [-0.3, -0.25) is 9.69 Å². The lowest BCUT2D eigenvalue weighted by Crippen LogP contribution is -2.47. The molecule has 7 nitrogen and oxygen atoms in total. The first-order valence-corrected chi connectivity index (χ1v) is 12.0. The number of para-hydroxylation sites is 1. The number of piperazine rings is 1. The molecule has 1 saturated heterocycles. The minimum Gasteiger partial charge on any atom is -0.434 e. The van der Waals surface area contributed by atoms with Gasteiger partial charge in [0.25, 0.3) is 11.8 Å². The van der Waals surface area contributed by atoms with E-state index < -0.39 is 0 Å². The molecule has 0 radical (unpaired) electrons. The molecule has 3 heterocycles. The standard InChI is InChI=1S/C26H28ClN5O2/c1-18-15-19(2)24-22(16-18)32(26(33)21-17-23(27)28-29-25(21)34-24)10-6-9-30-11-13-31(14-12-30)20-7-4-3-5-8-20/h3-5,7-8,15-17H,6,9-14H2,1-2H3. The lowest BCUT2D eigenvalue weighted by Gasteiger charge is -2.36. The molecule has 2 aromatic carbocycles.